The van der Waals surface area contributed by atoms with E-state index < -0.39 is 23.0 Å². The van der Waals surface area contributed by atoms with E-state index in [1.54, 1.807) is 13.8 Å². The quantitative estimate of drug-likeness (QED) is 0.103. The summed E-state index contributed by atoms with van der Waals surface area (Å²) < 4.78 is 29.9. The lowest BCUT2D eigenvalue weighted by Crippen LogP contribution is -2.26. The van der Waals surface area contributed by atoms with Crippen LogP contribution in [-0.2, 0) is 10.8 Å². The van der Waals surface area contributed by atoms with Crippen molar-refractivity contribution in [3.63, 3.8) is 0 Å². The van der Waals surface area contributed by atoms with Gasteiger partial charge in [0.05, 0.1) is 48.5 Å². The maximum absolute atomic E-state index is 10.9. The second kappa shape index (κ2) is 19.7. The van der Waals surface area contributed by atoms with Gasteiger partial charge in [-0.05, 0) is 212 Å². The summed E-state index contributed by atoms with van der Waals surface area (Å²) in [6.07, 6.45) is -1.86. The summed E-state index contributed by atoms with van der Waals surface area (Å²) in [5, 5.41) is 30.0. The first-order chi connectivity index (χ1) is 25.2. The smallest absolute Gasteiger partial charge is 0.148 e. The average Bonchev–Trinajstić information content (AvgIpc) is 3.08. The van der Waals surface area contributed by atoms with Crippen molar-refractivity contribution in [2.75, 3.05) is 26.4 Å². The average molecular weight is 1260 g/mol. The maximum atomic E-state index is 10.9. The topological polar surface area (TPSA) is 97.6 Å². The molecule has 0 spiro atoms. The van der Waals surface area contributed by atoms with Crippen molar-refractivity contribution in [1.29, 1.82) is 0 Å². The lowest BCUT2D eigenvalue weighted by molar-refractivity contribution is 0.0615. The van der Waals surface area contributed by atoms with E-state index in [0.717, 1.165) is 58.0 Å². The molecule has 4 rings (SSSR count). The summed E-state index contributed by atoms with van der Waals surface area (Å²) >= 11 is 29.3. The Labute approximate surface area is 384 Å². The second-order valence-corrected chi connectivity index (χ2v) is 20.7. The van der Waals surface area contributed by atoms with Gasteiger partial charge in [0, 0.05) is 10.8 Å². The van der Waals surface area contributed by atoms with Gasteiger partial charge in [-0.25, -0.2) is 0 Å². The van der Waals surface area contributed by atoms with E-state index in [1.165, 1.54) is 0 Å². The minimum Gasteiger partial charge on any atom is -0.489 e. The third-order valence-electron chi connectivity index (χ3n) is 8.77. The van der Waals surface area contributed by atoms with E-state index >= 15 is 0 Å². The first-order valence-corrected chi connectivity index (χ1v) is 23.0. The number of rotatable bonds is 16. The van der Waals surface area contributed by atoms with Gasteiger partial charge >= 0.3 is 0 Å². The van der Waals surface area contributed by atoms with E-state index in [2.05, 4.69) is 155 Å². The molecule has 0 radical (unpaired) electrons. The normalized spacial score (nSPS) is 13.7. The van der Waals surface area contributed by atoms with Crippen LogP contribution >= 0.6 is 127 Å². The predicted molar refractivity (Wildman–Crippen MR) is 243 cm³/mol. The SMILES string of the molecule is CC(O)COc1c(Br)cc(C(C)(C)c2cc(Br)c(OCC(O)COc3c(Br)cc(C(C)(C)c4cc(Br)c(OC(C)CO)c(Br)c4)cc3Br)c(Br)c2)cc1Br. The molecule has 0 saturated heterocycles. The van der Waals surface area contributed by atoms with Gasteiger partial charge in [-0.2, -0.15) is 0 Å². The molecule has 15 heteroatoms. The Balaban J connectivity index is 1.43. The van der Waals surface area contributed by atoms with Crippen LogP contribution in [0.25, 0.3) is 0 Å². The van der Waals surface area contributed by atoms with Crippen LogP contribution in [0.2, 0.25) is 0 Å². The molecule has 294 valence electrons. The molecule has 0 heterocycles. The van der Waals surface area contributed by atoms with Crippen LogP contribution < -0.4 is 18.9 Å². The first kappa shape index (κ1) is 46.5. The molecule has 54 heavy (non-hydrogen) atoms. The highest BCUT2D eigenvalue weighted by atomic mass is 79.9. The van der Waals surface area contributed by atoms with Gasteiger partial charge in [0.2, 0.25) is 0 Å². The molecule has 3 unspecified atom stereocenters. The Hall–Kier alpha value is -0.200. The van der Waals surface area contributed by atoms with Gasteiger partial charge in [-0.15, -0.1) is 0 Å². The van der Waals surface area contributed by atoms with E-state index in [0.29, 0.717) is 23.0 Å². The molecule has 3 N–H and O–H groups in total. The van der Waals surface area contributed by atoms with E-state index in [-0.39, 0.29) is 32.5 Å². The van der Waals surface area contributed by atoms with E-state index in [9.17, 15) is 15.3 Å². The number of aliphatic hydroxyl groups is 3. The van der Waals surface area contributed by atoms with Crippen molar-refractivity contribution in [3.05, 3.63) is 107 Å². The van der Waals surface area contributed by atoms with Gasteiger partial charge < -0.3 is 34.3 Å². The summed E-state index contributed by atoms with van der Waals surface area (Å²) in [6, 6.07) is 16.1. The molecular weight excluding hydrogens is 1220 g/mol. The third kappa shape index (κ3) is 11.3. The molecular formula is C39H40Br8O7. The summed E-state index contributed by atoms with van der Waals surface area (Å²) in [5.74, 6) is 2.39. The van der Waals surface area contributed by atoms with Crippen molar-refractivity contribution in [2.45, 2.75) is 70.7 Å². The molecule has 0 saturated carbocycles. The number of halogens is 8. The van der Waals surface area contributed by atoms with Crippen LogP contribution in [0.3, 0.4) is 0 Å². The Morgan fingerprint density at radius 3 is 1.00 bits per heavy atom. The summed E-state index contributed by atoms with van der Waals surface area (Å²) in [7, 11) is 0. The van der Waals surface area contributed by atoms with E-state index in [1.807, 2.05) is 48.5 Å². The monoisotopic (exact) mass is 1250 g/mol. The number of aliphatic hydroxyl groups excluding tert-OH is 3. The number of hydrogen-bond acceptors (Lipinski definition) is 7. The number of benzene rings is 4. The number of hydrogen-bond donors (Lipinski definition) is 3. The fraction of sp³-hybridized carbons (Fsp3) is 0.385. The van der Waals surface area contributed by atoms with Crippen LogP contribution in [0.5, 0.6) is 23.0 Å². The van der Waals surface area contributed by atoms with Crippen LogP contribution in [0.4, 0.5) is 0 Å². The van der Waals surface area contributed by atoms with Crippen LogP contribution in [0, 0.1) is 0 Å². The van der Waals surface area contributed by atoms with Crippen molar-refractivity contribution in [1.82, 2.24) is 0 Å². The zero-order valence-corrected chi connectivity index (χ0v) is 42.9. The molecule has 0 fully saturated rings. The minimum absolute atomic E-state index is 0.00530. The Morgan fingerprint density at radius 2 is 0.741 bits per heavy atom. The van der Waals surface area contributed by atoms with Gasteiger partial charge in [0.15, 0.2) is 0 Å². The molecule has 0 aliphatic rings. The van der Waals surface area contributed by atoms with Crippen molar-refractivity contribution in [2.24, 2.45) is 0 Å². The maximum Gasteiger partial charge on any atom is 0.148 e. The van der Waals surface area contributed by atoms with Gasteiger partial charge in [-0.1, -0.05) is 27.7 Å². The van der Waals surface area contributed by atoms with Gasteiger partial charge in [0.25, 0.3) is 0 Å². The predicted octanol–water partition coefficient (Wildman–Crippen LogP) is 12.8. The molecule has 0 aliphatic heterocycles. The summed E-state index contributed by atoms with van der Waals surface area (Å²) in [5.41, 5.74) is 3.29. The molecule has 4 aromatic rings. The zero-order chi connectivity index (χ0) is 40.3. The molecule has 4 aromatic carbocycles. The Bertz CT molecular complexity index is 1880. The summed E-state index contributed by atoms with van der Waals surface area (Å²) in [4.78, 5) is 0. The fourth-order valence-electron chi connectivity index (χ4n) is 5.39. The van der Waals surface area contributed by atoms with Crippen molar-refractivity contribution < 1.29 is 34.3 Å². The largest absolute Gasteiger partial charge is 0.489 e. The lowest BCUT2D eigenvalue weighted by Gasteiger charge is -2.29. The van der Waals surface area contributed by atoms with Gasteiger partial charge in [-0.3, -0.25) is 0 Å². The molecule has 0 amide bonds. The highest BCUT2D eigenvalue weighted by Crippen LogP contribution is 2.46. The molecule has 3 atom stereocenters. The zero-order valence-electron chi connectivity index (χ0n) is 30.2. The molecule has 7 nitrogen and oxygen atoms in total. The second-order valence-electron chi connectivity index (χ2n) is 13.9. The van der Waals surface area contributed by atoms with Crippen LogP contribution in [0.15, 0.2) is 84.3 Å². The molecule has 0 aliphatic carbocycles. The Kier molecular flexibility index (Phi) is 17.0. The highest BCUT2D eigenvalue weighted by molar-refractivity contribution is 9.12. The van der Waals surface area contributed by atoms with Crippen molar-refractivity contribution in [3.8, 4) is 23.0 Å². The van der Waals surface area contributed by atoms with Gasteiger partial charge in [0.1, 0.15) is 55.0 Å². The summed E-state index contributed by atoms with van der Waals surface area (Å²) in [6.45, 7) is 12.1. The molecule has 0 bridgehead atoms. The van der Waals surface area contributed by atoms with E-state index in [4.69, 9.17) is 18.9 Å². The highest BCUT2D eigenvalue weighted by Gasteiger charge is 2.29. The Morgan fingerprint density at radius 1 is 0.481 bits per heavy atom. The van der Waals surface area contributed by atoms with Crippen molar-refractivity contribution >= 4 is 127 Å². The molecule has 0 aromatic heterocycles. The third-order valence-corrected chi connectivity index (χ3v) is 13.5. The lowest BCUT2D eigenvalue weighted by atomic mass is 9.78. The standard InChI is InChI=1S/C39H40Br8O7/c1-19(49)16-51-34-26(40)7-21(8-27(34)41)38(3,4)22-9-28(42)35(29(43)10-22)52-17-25(50)18-53-36-30(44)11-23(12-31(36)45)39(5,6)24-13-32(46)37(33(47)14-24)54-20(2)15-48/h7-14,19-20,25,48-50H,15-18H2,1-6H3. The number of ether oxygens (including phenoxy) is 4. The van der Waals surface area contributed by atoms with Crippen LogP contribution in [0.1, 0.15) is 63.8 Å². The minimum atomic E-state index is -0.928. The fourth-order valence-corrected chi connectivity index (χ4v) is 11.0. The van der Waals surface area contributed by atoms with Crippen LogP contribution in [-0.4, -0.2) is 60.1 Å². The first-order valence-electron chi connectivity index (χ1n) is 16.7.